The highest BCUT2D eigenvalue weighted by atomic mass is 14.9. The first kappa shape index (κ1) is 16.2. The van der Waals surface area contributed by atoms with Gasteiger partial charge in [0.25, 0.3) is 0 Å². The highest BCUT2D eigenvalue weighted by Gasteiger charge is 2.11. The summed E-state index contributed by atoms with van der Waals surface area (Å²) >= 11 is 0. The molecule has 1 nitrogen and oxygen atoms in total. The van der Waals surface area contributed by atoms with Gasteiger partial charge in [0.2, 0.25) is 0 Å². The Hall–Kier alpha value is -0.820. The quantitative estimate of drug-likeness (QED) is 0.670. The van der Waals surface area contributed by atoms with Crippen LogP contribution in [0.15, 0.2) is 24.3 Å². The van der Waals surface area contributed by atoms with Crippen molar-refractivity contribution in [2.24, 2.45) is 5.92 Å². The molecule has 0 bridgehead atoms. The molecule has 0 aromatic heterocycles. The molecule has 0 aliphatic rings. The van der Waals surface area contributed by atoms with E-state index in [4.69, 9.17) is 0 Å². The lowest BCUT2D eigenvalue weighted by Crippen LogP contribution is -2.22. The molecule has 1 unspecified atom stereocenters. The normalized spacial score (nSPS) is 13.2. The maximum atomic E-state index is 3.69. The summed E-state index contributed by atoms with van der Waals surface area (Å²) < 4.78 is 0. The summed E-state index contributed by atoms with van der Waals surface area (Å²) in [4.78, 5) is 0. The summed E-state index contributed by atoms with van der Waals surface area (Å²) in [5, 5.41) is 3.69. The largest absolute Gasteiger partial charge is 0.310 e. The molecule has 0 spiro atoms. The Morgan fingerprint density at radius 3 is 1.95 bits per heavy atom. The van der Waals surface area contributed by atoms with E-state index in [-0.39, 0.29) is 0 Å². The first-order valence-electron chi connectivity index (χ1n) is 7.87. The molecular formula is C18H31N. The Morgan fingerprint density at radius 1 is 0.895 bits per heavy atom. The van der Waals surface area contributed by atoms with Crippen LogP contribution in [0.2, 0.25) is 0 Å². The molecule has 1 aromatic rings. The van der Waals surface area contributed by atoms with E-state index in [9.17, 15) is 0 Å². The van der Waals surface area contributed by atoms with Gasteiger partial charge in [-0.3, -0.25) is 0 Å². The van der Waals surface area contributed by atoms with Crippen LogP contribution in [0, 0.1) is 5.92 Å². The van der Waals surface area contributed by atoms with Crippen LogP contribution in [0.25, 0.3) is 0 Å². The maximum absolute atomic E-state index is 3.69. The summed E-state index contributed by atoms with van der Waals surface area (Å²) in [5.74, 6) is 1.40. The molecular weight excluding hydrogens is 230 g/mol. The summed E-state index contributed by atoms with van der Waals surface area (Å²) in [6.45, 7) is 12.4. The van der Waals surface area contributed by atoms with Crippen molar-refractivity contribution in [3.05, 3.63) is 35.4 Å². The third-order valence-corrected chi connectivity index (χ3v) is 3.68. The van der Waals surface area contributed by atoms with Gasteiger partial charge >= 0.3 is 0 Å². The SMILES string of the molecule is CCCNC(CCC(C)C)c1ccc(C(C)C)cc1. The molecule has 0 saturated carbocycles. The highest BCUT2D eigenvalue weighted by molar-refractivity contribution is 5.26. The van der Waals surface area contributed by atoms with Crippen LogP contribution in [0.5, 0.6) is 0 Å². The van der Waals surface area contributed by atoms with Gasteiger partial charge in [-0.05, 0) is 48.8 Å². The second kappa shape index (κ2) is 8.37. The monoisotopic (exact) mass is 261 g/mol. The van der Waals surface area contributed by atoms with Crippen molar-refractivity contribution in [2.45, 2.75) is 65.8 Å². The minimum Gasteiger partial charge on any atom is -0.310 e. The molecule has 0 heterocycles. The Kier molecular flexibility index (Phi) is 7.15. The van der Waals surface area contributed by atoms with E-state index in [1.54, 1.807) is 0 Å². The van der Waals surface area contributed by atoms with Gasteiger partial charge in [0.05, 0.1) is 0 Å². The summed E-state index contributed by atoms with van der Waals surface area (Å²) in [6.07, 6.45) is 3.72. The van der Waals surface area contributed by atoms with Crippen LogP contribution in [0.3, 0.4) is 0 Å². The number of benzene rings is 1. The zero-order chi connectivity index (χ0) is 14.3. The minimum absolute atomic E-state index is 0.517. The summed E-state index contributed by atoms with van der Waals surface area (Å²) in [6, 6.07) is 9.71. The van der Waals surface area contributed by atoms with Gasteiger partial charge in [-0.25, -0.2) is 0 Å². The Labute approximate surface area is 119 Å². The van der Waals surface area contributed by atoms with E-state index in [1.807, 2.05) is 0 Å². The van der Waals surface area contributed by atoms with Crippen LogP contribution in [-0.4, -0.2) is 6.54 Å². The minimum atomic E-state index is 0.517. The molecule has 19 heavy (non-hydrogen) atoms. The van der Waals surface area contributed by atoms with Gasteiger partial charge < -0.3 is 5.32 Å². The van der Waals surface area contributed by atoms with Crippen LogP contribution < -0.4 is 5.32 Å². The van der Waals surface area contributed by atoms with E-state index in [1.165, 1.54) is 30.4 Å². The molecule has 1 N–H and O–H groups in total. The summed E-state index contributed by atoms with van der Waals surface area (Å²) in [7, 11) is 0. The maximum Gasteiger partial charge on any atom is 0.0320 e. The third-order valence-electron chi connectivity index (χ3n) is 3.68. The smallest absolute Gasteiger partial charge is 0.0320 e. The lowest BCUT2D eigenvalue weighted by Gasteiger charge is -2.20. The molecule has 0 aliphatic carbocycles. The standard InChI is InChI=1S/C18H31N/c1-6-13-19-18(12-7-14(2)3)17-10-8-16(9-11-17)15(4)5/h8-11,14-15,18-19H,6-7,12-13H2,1-5H3. The Morgan fingerprint density at radius 2 is 1.47 bits per heavy atom. The predicted molar refractivity (Wildman–Crippen MR) is 85.6 cm³/mol. The summed E-state index contributed by atoms with van der Waals surface area (Å²) in [5.41, 5.74) is 2.88. The highest BCUT2D eigenvalue weighted by Crippen LogP contribution is 2.23. The fraction of sp³-hybridized carbons (Fsp3) is 0.667. The second-order valence-electron chi connectivity index (χ2n) is 6.30. The Bertz CT molecular complexity index is 337. The van der Waals surface area contributed by atoms with E-state index in [0.29, 0.717) is 12.0 Å². The van der Waals surface area contributed by atoms with Gasteiger partial charge in [0.15, 0.2) is 0 Å². The lowest BCUT2D eigenvalue weighted by atomic mass is 9.95. The first-order chi connectivity index (χ1) is 9.04. The molecule has 0 saturated heterocycles. The molecule has 1 aromatic carbocycles. The molecule has 0 radical (unpaired) electrons. The average molecular weight is 261 g/mol. The van der Waals surface area contributed by atoms with Crippen molar-refractivity contribution in [1.82, 2.24) is 5.32 Å². The van der Waals surface area contributed by atoms with Crippen molar-refractivity contribution in [3.8, 4) is 0 Å². The third kappa shape index (κ3) is 5.78. The van der Waals surface area contributed by atoms with Gasteiger partial charge in [-0.15, -0.1) is 0 Å². The predicted octanol–water partition coefficient (Wildman–Crippen LogP) is 5.29. The molecule has 0 amide bonds. The number of rotatable bonds is 8. The van der Waals surface area contributed by atoms with Gasteiger partial charge in [-0.1, -0.05) is 58.9 Å². The van der Waals surface area contributed by atoms with Crippen molar-refractivity contribution in [2.75, 3.05) is 6.54 Å². The molecule has 1 atom stereocenters. The van der Waals surface area contributed by atoms with Crippen LogP contribution in [0.1, 0.15) is 77.0 Å². The first-order valence-corrected chi connectivity index (χ1v) is 7.87. The molecule has 1 heteroatoms. The zero-order valence-corrected chi connectivity index (χ0v) is 13.4. The molecule has 0 fully saturated rings. The van der Waals surface area contributed by atoms with Crippen molar-refractivity contribution < 1.29 is 0 Å². The van der Waals surface area contributed by atoms with Crippen LogP contribution in [0.4, 0.5) is 0 Å². The van der Waals surface area contributed by atoms with Crippen molar-refractivity contribution >= 4 is 0 Å². The number of nitrogens with one attached hydrogen (secondary N) is 1. The van der Waals surface area contributed by atoms with E-state index >= 15 is 0 Å². The molecule has 1 rings (SSSR count). The fourth-order valence-corrected chi connectivity index (χ4v) is 2.32. The molecule has 0 aliphatic heterocycles. The lowest BCUT2D eigenvalue weighted by molar-refractivity contribution is 0.440. The van der Waals surface area contributed by atoms with Crippen LogP contribution in [-0.2, 0) is 0 Å². The average Bonchev–Trinajstić information content (AvgIpc) is 2.39. The van der Waals surface area contributed by atoms with Gasteiger partial charge in [-0.2, -0.15) is 0 Å². The van der Waals surface area contributed by atoms with Gasteiger partial charge in [0.1, 0.15) is 0 Å². The van der Waals surface area contributed by atoms with E-state index in [2.05, 4.69) is 64.2 Å². The fourth-order valence-electron chi connectivity index (χ4n) is 2.32. The topological polar surface area (TPSA) is 12.0 Å². The second-order valence-corrected chi connectivity index (χ2v) is 6.30. The Balaban J connectivity index is 2.71. The number of hydrogen-bond donors (Lipinski definition) is 1. The zero-order valence-electron chi connectivity index (χ0n) is 13.4. The van der Waals surface area contributed by atoms with E-state index < -0.39 is 0 Å². The van der Waals surface area contributed by atoms with Gasteiger partial charge in [0, 0.05) is 6.04 Å². The van der Waals surface area contributed by atoms with Crippen LogP contribution >= 0.6 is 0 Å². The van der Waals surface area contributed by atoms with Crippen molar-refractivity contribution in [3.63, 3.8) is 0 Å². The molecule has 108 valence electrons. The van der Waals surface area contributed by atoms with Crippen molar-refractivity contribution in [1.29, 1.82) is 0 Å². The number of hydrogen-bond acceptors (Lipinski definition) is 1. The van der Waals surface area contributed by atoms with E-state index in [0.717, 1.165) is 12.5 Å².